The number of hydrogen-bond acceptors (Lipinski definition) is 4. The number of nitrogens with one attached hydrogen (secondary N) is 2. The third kappa shape index (κ3) is 3.89. The number of hydrogen-bond donors (Lipinski definition) is 2. The van der Waals surface area contributed by atoms with Gasteiger partial charge in [-0.25, -0.2) is 0 Å². The third-order valence-corrected chi connectivity index (χ3v) is 6.77. The van der Waals surface area contributed by atoms with Crippen LogP contribution in [0.15, 0.2) is 24.3 Å². The SMILES string of the molecule is CC1CC(C)CN(C(=O)C(C)N2CCC3(CCC2=O)NC(=O)c2ccccc2N3)C1. The highest BCUT2D eigenvalue weighted by Crippen LogP contribution is 2.32. The maximum atomic E-state index is 13.2. The van der Waals surface area contributed by atoms with E-state index in [4.69, 9.17) is 0 Å². The first-order chi connectivity index (χ1) is 14.3. The number of para-hydroxylation sites is 1. The van der Waals surface area contributed by atoms with E-state index in [1.54, 1.807) is 11.0 Å². The monoisotopic (exact) mass is 412 g/mol. The van der Waals surface area contributed by atoms with Crippen molar-refractivity contribution in [1.29, 1.82) is 0 Å². The molecule has 2 saturated heterocycles. The van der Waals surface area contributed by atoms with E-state index < -0.39 is 11.7 Å². The standard InChI is InChI=1S/C23H32N4O3/c1-15-12-16(2)14-26(13-15)22(30)17(3)27-11-10-23(9-8-20(27)28)24-19-7-5-4-6-18(19)21(29)25-23/h4-7,15-17,24H,8-14H2,1-3H3,(H,25,29). The third-order valence-electron chi connectivity index (χ3n) is 6.77. The van der Waals surface area contributed by atoms with Gasteiger partial charge in [-0.2, -0.15) is 0 Å². The molecular formula is C23H32N4O3. The average Bonchev–Trinajstić information content (AvgIpc) is 2.85. The topological polar surface area (TPSA) is 81.8 Å². The average molecular weight is 413 g/mol. The van der Waals surface area contributed by atoms with E-state index in [1.807, 2.05) is 30.0 Å². The summed E-state index contributed by atoms with van der Waals surface area (Å²) in [5.74, 6) is 0.847. The molecule has 0 bridgehead atoms. The molecule has 162 valence electrons. The first-order valence-corrected chi connectivity index (χ1v) is 11.1. The van der Waals surface area contributed by atoms with Crippen molar-refractivity contribution in [1.82, 2.24) is 15.1 Å². The van der Waals surface area contributed by atoms with Gasteiger partial charge in [0.2, 0.25) is 11.8 Å². The molecule has 4 unspecified atom stereocenters. The summed E-state index contributed by atoms with van der Waals surface area (Å²) in [7, 11) is 0. The van der Waals surface area contributed by atoms with Crippen LogP contribution >= 0.6 is 0 Å². The van der Waals surface area contributed by atoms with Crippen molar-refractivity contribution in [2.45, 2.75) is 58.2 Å². The van der Waals surface area contributed by atoms with Gasteiger partial charge >= 0.3 is 0 Å². The Morgan fingerprint density at radius 2 is 1.80 bits per heavy atom. The number of likely N-dealkylation sites (tertiary alicyclic amines) is 2. The number of nitrogens with zero attached hydrogens (tertiary/aromatic N) is 2. The van der Waals surface area contributed by atoms with Gasteiger partial charge < -0.3 is 20.4 Å². The van der Waals surface area contributed by atoms with Gasteiger partial charge in [-0.05, 0) is 43.7 Å². The summed E-state index contributed by atoms with van der Waals surface area (Å²) in [6.45, 7) is 8.14. The number of anilines is 1. The van der Waals surface area contributed by atoms with E-state index in [2.05, 4.69) is 24.5 Å². The molecule has 1 aromatic rings. The van der Waals surface area contributed by atoms with Gasteiger partial charge in [0.05, 0.1) is 5.56 Å². The lowest BCUT2D eigenvalue weighted by Crippen LogP contribution is -2.58. The summed E-state index contributed by atoms with van der Waals surface area (Å²) in [5, 5.41) is 6.55. The van der Waals surface area contributed by atoms with Crippen molar-refractivity contribution >= 4 is 23.4 Å². The zero-order valence-electron chi connectivity index (χ0n) is 18.1. The molecule has 1 aromatic carbocycles. The summed E-state index contributed by atoms with van der Waals surface area (Å²) in [4.78, 5) is 42.4. The number of amides is 3. The molecule has 30 heavy (non-hydrogen) atoms. The molecule has 0 aromatic heterocycles. The summed E-state index contributed by atoms with van der Waals surface area (Å²) in [6.07, 6.45) is 2.49. The van der Waals surface area contributed by atoms with Gasteiger partial charge in [0.15, 0.2) is 0 Å². The van der Waals surface area contributed by atoms with Gasteiger partial charge in [-0.15, -0.1) is 0 Å². The number of carbonyl (C=O) groups is 3. The van der Waals surface area contributed by atoms with Crippen LogP contribution in [-0.2, 0) is 9.59 Å². The Morgan fingerprint density at radius 3 is 2.53 bits per heavy atom. The van der Waals surface area contributed by atoms with E-state index in [-0.39, 0.29) is 17.7 Å². The summed E-state index contributed by atoms with van der Waals surface area (Å²) in [6, 6.07) is 6.93. The van der Waals surface area contributed by atoms with Crippen LogP contribution in [0.3, 0.4) is 0 Å². The van der Waals surface area contributed by atoms with Crippen molar-refractivity contribution < 1.29 is 14.4 Å². The first kappa shape index (κ1) is 20.7. The van der Waals surface area contributed by atoms with E-state index in [0.717, 1.165) is 25.2 Å². The van der Waals surface area contributed by atoms with Gasteiger partial charge in [-0.1, -0.05) is 26.0 Å². The zero-order chi connectivity index (χ0) is 21.5. The Morgan fingerprint density at radius 1 is 1.10 bits per heavy atom. The van der Waals surface area contributed by atoms with E-state index in [1.165, 1.54) is 0 Å². The fourth-order valence-electron chi connectivity index (χ4n) is 5.29. The molecule has 7 nitrogen and oxygen atoms in total. The van der Waals surface area contributed by atoms with Crippen LogP contribution in [-0.4, -0.2) is 58.9 Å². The lowest BCUT2D eigenvalue weighted by Gasteiger charge is -2.40. The quantitative estimate of drug-likeness (QED) is 0.782. The van der Waals surface area contributed by atoms with Crippen molar-refractivity contribution in [2.75, 3.05) is 25.0 Å². The Labute approximate surface area is 178 Å². The van der Waals surface area contributed by atoms with Gasteiger partial charge in [0.25, 0.3) is 5.91 Å². The van der Waals surface area contributed by atoms with Gasteiger partial charge in [0, 0.05) is 38.2 Å². The largest absolute Gasteiger partial charge is 0.362 e. The number of carbonyl (C=O) groups excluding carboxylic acids is 3. The molecule has 2 fully saturated rings. The van der Waals surface area contributed by atoms with Crippen molar-refractivity contribution in [3.63, 3.8) is 0 Å². The molecule has 3 amide bonds. The summed E-state index contributed by atoms with van der Waals surface area (Å²) in [5.41, 5.74) is 0.752. The predicted octanol–water partition coefficient (Wildman–Crippen LogP) is 2.44. The lowest BCUT2D eigenvalue weighted by molar-refractivity contribution is -0.146. The summed E-state index contributed by atoms with van der Waals surface area (Å²) < 4.78 is 0. The predicted molar refractivity (Wildman–Crippen MR) is 115 cm³/mol. The van der Waals surface area contributed by atoms with Crippen LogP contribution in [0, 0.1) is 11.8 Å². The lowest BCUT2D eigenvalue weighted by atomic mass is 9.91. The molecule has 4 rings (SSSR count). The maximum absolute atomic E-state index is 13.2. The molecule has 0 radical (unpaired) electrons. The number of fused-ring (bicyclic) bond motifs is 1. The van der Waals surface area contributed by atoms with Crippen molar-refractivity contribution in [3.8, 4) is 0 Å². The van der Waals surface area contributed by atoms with Crippen LogP contribution in [0.25, 0.3) is 0 Å². The fraction of sp³-hybridized carbons (Fsp3) is 0.609. The molecule has 1 spiro atoms. The molecule has 4 atom stereocenters. The van der Waals surface area contributed by atoms with Crippen LogP contribution in [0.1, 0.15) is 56.8 Å². The molecular weight excluding hydrogens is 380 g/mol. The number of piperidine rings is 1. The Hall–Kier alpha value is -2.57. The Kier molecular flexibility index (Phi) is 5.47. The van der Waals surface area contributed by atoms with Gasteiger partial charge in [-0.3, -0.25) is 14.4 Å². The number of rotatable bonds is 2. The smallest absolute Gasteiger partial charge is 0.255 e. The van der Waals surface area contributed by atoms with Crippen LogP contribution < -0.4 is 10.6 Å². The molecule has 7 heteroatoms. The second-order valence-corrected chi connectivity index (χ2v) is 9.41. The minimum atomic E-state index is -0.660. The van der Waals surface area contributed by atoms with Crippen LogP contribution in [0.4, 0.5) is 5.69 Å². The Bertz CT molecular complexity index is 847. The molecule has 3 aliphatic rings. The minimum Gasteiger partial charge on any atom is -0.362 e. The van der Waals surface area contributed by atoms with Gasteiger partial charge in [0.1, 0.15) is 11.7 Å². The van der Waals surface area contributed by atoms with E-state index in [9.17, 15) is 14.4 Å². The van der Waals surface area contributed by atoms with E-state index in [0.29, 0.717) is 43.2 Å². The van der Waals surface area contributed by atoms with Crippen LogP contribution in [0.5, 0.6) is 0 Å². The molecule has 0 saturated carbocycles. The van der Waals surface area contributed by atoms with E-state index >= 15 is 0 Å². The highest BCUT2D eigenvalue weighted by molar-refractivity contribution is 6.02. The highest BCUT2D eigenvalue weighted by Gasteiger charge is 2.42. The highest BCUT2D eigenvalue weighted by atomic mass is 16.2. The van der Waals surface area contributed by atoms with Crippen LogP contribution in [0.2, 0.25) is 0 Å². The normalized spacial score (nSPS) is 30.2. The zero-order valence-corrected chi connectivity index (χ0v) is 18.1. The maximum Gasteiger partial charge on any atom is 0.255 e. The molecule has 0 aliphatic carbocycles. The number of benzene rings is 1. The second kappa shape index (κ2) is 7.93. The summed E-state index contributed by atoms with van der Waals surface area (Å²) >= 11 is 0. The Balaban J connectivity index is 1.48. The second-order valence-electron chi connectivity index (χ2n) is 9.41. The van der Waals surface area contributed by atoms with Crippen molar-refractivity contribution in [3.05, 3.63) is 29.8 Å². The minimum absolute atomic E-state index is 0.0271. The first-order valence-electron chi connectivity index (χ1n) is 11.1. The fourth-order valence-corrected chi connectivity index (χ4v) is 5.29. The molecule has 2 N–H and O–H groups in total. The van der Waals surface area contributed by atoms with Crippen molar-refractivity contribution in [2.24, 2.45) is 11.8 Å². The molecule has 3 heterocycles. The molecule has 3 aliphatic heterocycles.